The van der Waals surface area contributed by atoms with E-state index in [2.05, 4.69) is 0 Å². The molecule has 0 atom stereocenters. The number of sulfonamides is 1. The average molecular weight is 344 g/mol. The number of nitrogens with zero attached hydrogens (tertiary/aromatic N) is 1. The highest BCUT2D eigenvalue weighted by Gasteiger charge is 2.25. The van der Waals surface area contributed by atoms with Crippen LogP contribution in [0.3, 0.4) is 0 Å². The molecule has 0 heterocycles. The number of benzene rings is 2. The molecular weight excluding hydrogens is 329 g/mol. The van der Waals surface area contributed by atoms with Gasteiger partial charge in [0, 0.05) is 13.1 Å². The monoisotopic (exact) mass is 343 g/mol. The van der Waals surface area contributed by atoms with E-state index < -0.39 is 15.8 Å². The van der Waals surface area contributed by atoms with Crippen molar-refractivity contribution in [3.63, 3.8) is 0 Å². The number of aliphatic hydroxyl groups excluding tert-OH is 1. The number of aliphatic hydroxyl groups is 1. The third-order valence-electron chi connectivity index (χ3n) is 3.08. The molecule has 22 heavy (non-hydrogen) atoms. The van der Waals surface area contributed by atoms with Gasteiger partial charge in [0.2, 0.25) is 10.0 Å². The van der Waals surface area contributed by atoms with Crippen molar-refractivity contribution in [3.05, 3.63) is 64.9 Å². The zero-order valence-electron chi connectivity index (χ0n) is 11.6. The minimum absolute atomic E-state index is 0.0633. The third-order valence-corrected chi connectivity index (χ3v) is 5.21. The van der Waals surface area contributed by atoms with Gasteiger partial charge in [-0.3, -0.25) is 0 Å². The van der Waals surface area contributed by atoms with E-state index in [1.807, 2.05) is 6.07 Å². The van der Waals surface area contributed by atoms with Crippen LogP contribution in [-0.2, 0) is 16.6 Å². The Hall–Kier alpha value is -1.47. The topological polar surface area (TPSA) is 57.6 Å². The quantitative estimate of drug-likeness (QED) is 0.877. The summed E-state index contributed by atoms with van der Waals surface area (Å²) >= 11 is 5.65. The van der Waals surface area contributed by atoms with E-state index in [9.17, 15) is 12.8 Å². The van der Waals surface area contributed by atoms with Crippen molar-refractivity contribution in [1.29, 1.82) is 0 Å². The van der Waals surface area contributed by atoms with Gasteiger partial charge in [-0.1, -0.05) is 41.9 Å². The first kappa shape index (κ1) is 16.9. The van der Waals surface area contributed by atoms with E-state index >= 15 is 0 Å². The number of hydrogen-bond acceptors (Lipinski definition) is 3. The molecule has 1 N–H and O–H groups in total. The number of halogens is 2. The first-order valence-electron chi connectivity index (χ1n) is 6.55. The van der Waals surface area contributed by atoms with E-state index in [1.54, 1.807) is 24.3 Å². The van der Waals surface area contributed by atoms with Crippen molar-refractivity contribution >= 4 is 21.6 Å². The van der Waals surface area contributed by atoms with Crippen LogP contribution in [-0.4, -0.2) is 31.0 Å². The summed E-state index contributed by atoms with van der Waals surface area (Å²) in [6.45, 7) is -0.272. The Balaban J connectivity index is 2.35. The lowest BCUT2D eigenvalue weighted by molar-refractivity contribution is 0.251. The van der Waals surface area contributed by atoms with Gasteiger partial charge in [-0.15, -0.1) is 0 Å². The summed E-state index contributed by atoms with van der Waals surface area (Å²) in [7, 11) is -3.88. The van der Waals surface area contributed by atoms with Crippen molar-refractivity contribution in [1.82, 2.24) is 4.31 Å². The van der Waals surface area contributed by atoms with Gasteiger partial charge in [0.15, 0.2) is 0 Å². The molecule has 0 aromatic heterocycles. The van der Waals surface area contributed by atoms with Crippen LogP contribution in [0.5, 0.6) is 0 Å². The molecule has 0 aliphatic rings. The normalized spacial score (nSPS) is 11.8. The highest BCUT2D eigenvalue weighted by Crippen LogP contribution is 2.23. The van der Waals surface area contributed by atoms with Gasteiger partial charge in [0.1, 0.15) is 5.82 Å². The molecule has 2 aromatic carbocycles. The van der Waals surface area contributed by atoms with Crippen molar-refractivity contribution in [2.24, 2.45) is 0 Å². The minimum Gasteiger partial charge on any atom is -0.395 e. The third kappa shape index (κ3) is 3.84. The molecule has 7 heteroatoms. The summed E-state index contributed by atoms with van der Waals surface area (Å²) in [4.78, 5) is -0.108. The molecular formula is C15H15ClFNO3S. The van der Waals surface area contributed by atoms with Crippen LogP contribution in [0.25, 0.3) is 0 Å². The Labute approximate surface area is 133 Å². The fourth-order valence-corrected chi connectivity index (χ4v) is 3.66. The average Bonchev–Trinajstić information content (AvgIpc) is 2.50. The zero-order chi connectivity index (χ0) is 16.2. The minimum atomic E-state index is -3.88. The van der Waals surface area contributed by atoms with Crippen molar-refractivity contribution < 1.29 is 17.9 Å². The molecule has 0 bridgehead atoms. The molecule has 0 saturated heterocycles. The van der Waals surface area contributed by atoms with E-state index in [-0.39, 0.29) is 29.6 Å². The largest absolute Gasteiger partial charge is 0.395 e. The predicted octanol–water partition coefficient (Wildman–Crippen LogP) is 2.66. The first-order chi connectivity index (χ1) is 10.4. The fraction of sp³-hybridized carbons (Fsp3) is 0.200. The molecule has 0 saturated carbocycles. The van der Waals surface area contributed by atoms with Gasteiger partial charge >= 0.3 is 0 Å². The summed E-state index contributed by atoms with van der Waals surface area (Å²) in [5, 5.41) is 8.87. The van der Waals surface area contributed by atoms with Crippen molar-refractivity contribution in [3.8, 4) is 0 Å². The molecule has 2 rings (SSSR count). The Morgan fingerprint density at radius 3 is 2.41 bits per heavy atom. The molecule has 0 aliphatic heterocycles. The lowest BCUT2D eigenvalue weighted by Gasteiger charge is -2.21. The molecule has 0 amide bonds. The molecule has 118 valence electrons. The molecule has 2 aromatic rings. The molecule has 0 unspecified atom stereocenters. The van der Waals surface area contributed by atoms with Crippen molar-refractivity contribution in [2.75, 3.05) is 13.2 Å². The second-order valence-corrected chi connectivity index (χ2v) is 6.97. The van der Waals surface area contributed by atoms with E-state index in [0.717, 1.165) is 28.1 Å². The van der Waals surface area contributed by atoms with Crippen LogP contribution in [0.15, 0.2) is 53.4 Å². The fourth-order valence-electron chi connectivity index (χ4n) is 1.97. The number of rotatable bonds is 6. The van der Waals surface area contributed by atoms with Crippen LogP contribution in [0.4, 0.5) is 4.39 Å². The Bertz CT molecular complexity index is 738. The standard InChI is InChI=1S/C15H15ClFNO3S/c16-14-10-13(6-7-15(14)17)22(20,21)18(8-9-19)11-12-4-2-1-3-5-12/h1-7,10,19H,8-9,11H2. The maximum absolute atomic E-state index is 13.2. The summed E-state index contributed by atoms with van der Waals surface area (Å²) in [5.41, 5.74) is 0.785. The van der Waals surface area contributed by atoms with Gasteiger partial charge in [-0.2, -0.15) is 4.31 Å². The van der Waals surface area contributed by atoms with Gasteiger partial charge in [-0.05, 0) is 23.8 Å². The van der Waals surface area contributed by atoms with E-state index in [1.165, 1.54) is 0 Å². The second-order valence-electron chi connectivity index (χ2n) is 4.62. The lowest BCUT2D eigenvalue weighted by atomic mass is 10.2. The van der Waals surface area contributed by atoms with E-state index in [0.29, 0.717) is 0 Å². The van der Waals surface area contributed by atoms with Gasteiger partial charge in [-0.25, -0.2) is 12.8 Å². The van der Waals surface area contributed by atoms with Gasteiger partial charge in [0.25, 0.3) is 0 Å². The van der Waals surface area contributed by atoms with Crippen LogP contribution in [0.2, 0.25) is 5.02 Å². The van der Waals surface area contributed by atoms with Crippen LogP contribution >= 0.6 is 11.6 Å². The molecule has 0 radical (unpaired) electrons. The summed E-state index contributed by atoms with van der Waals surface area (Å²) in [6.07, 6.45) is 0. The lowest BCUT2D eigenvalue weighted by Crippen LogP contribution is -2.33. The zero-order valence-corrected chi connectivity index (χ0v) is 13.2. The predicted molar refractivity (Wildman–Crippen MR) is 82.5 cm³/mol. The Kier molecular flexibility index (Phi) is 5.52. The summed E-state index contributed by atoms with van der Waals surface area (Å²) in [6, 6.07) is 12.2. The second kappa shape index (κ2) is 7.19. The molecule has 0 spiro atoms. The molecule has 0 aliphatic carbocycles. The summed E-state index contributed by atoms with van der Waals surface area (Å²) in [5.74, 6) is -0.683. The van der Waals surface area contributed by atoms with Crippen molar-refractivity contribution in [2.45, 2.75) is 11.4 Å². The van der Waals surface area contributed by atoms with Crippen LogP contribution < -0.4 is 0 Å². The van der Waals surface area contributed by atoms with Gasteiger partial charge in [0.05, 0.1) is 16.5 Å². The highest BCUT2D eigenvalue weighted by molar-refractivity contribution is 7.89. The maximum Gasteiger partial charge on any atom is 0.243 e. The summed E-state index contributed by atoms with van der Waals surface area (Å²) < 4.78 is 39.6. The SMILES string of the molecule is O=S(=O)(c1ccc(F)c(Cl)c1)N(CCO)Cc1ccccc1. The Morgan fingerprint density at radius 1 is 1.14 bits per heavy atom. The van der Waals surface area contributed by atoms with E-state index in [4.69, 9.17) is 16.7 Å². The van der Waals surface area contributed by atoms with Gasteiger partial charge < -0.3 is 5.11 Å². The molecule has 0 fully saturated rings. The highest BCUT2D eigenvalue weighted by atomic mass is 35.5. The van der Waals surface area contributed by atoms with Crippen LogP contribution in [0.1, 0.15) is 5.56 Å². The van der Waals surface area contributed by atoms with Crippen LogP contribution in [0, 0.1) is 5.82 Å². The molecule has 4 nitrogen and oxygen atoms in total. The number of hydrogen-bond donors (Lipinski definition) is 1. The smallest absolute Gasteiger partial charge is 0.243 e. The maximum atomic E-state index is 13.2. The first-order valence-corrected chi connectivity index (χ1v) is 8.37. The Morgan fingerprint density at radius 2 is 1.82 bits per heavy atom.